The van der Waals surface area contributed by atoms with Gasteiger partial charge in [-0.05, 0) is 24.6 Å². The number of benzene rings is 1. The lowest BCUT2D eigenvalue weighted by atomic mass is 10.1. The molecule has 0 radical (unpaired) electrons. The normalized spacial score (nSPS) is 12.7. The highest BCUT2D eigenvalue weighted by Gasteiger charge is 2.10. The largest absolute Gasteiger partial charge is 0.327 e. The average molecular weight is 268 g/mol. The summed E-state index contributed by atoms with van der Waals surface area (Å²) in [4.78, 5) is 4.39. The van der Waals surface area contributed by atoms with Crippen LogP contribution in [0.1, 0.15) is 18.4 Å². The van der Waals surface area contributed by atoms with Crippen molar-refractivity contribution in [2.24, 2.45) is 5.73 Å². The minimum Gasteiger partial charge on any atom is -0.327 e. The maximum absolute atomic E-state index is 13.1. The fraction of sp³-hybridized carbons (Fsp3) is 0.308. The Bertz CT molecular complexity index is 540. The molecule has 5 heteroatoms. The highest BCUT2D eigenvalue weighted by atomic mass is 32.1. The second-order valence-electron chi connectivity index (χ2n) is 4.13. The molecule has 1 unspecified atom stereocenters. The first kappa shape index (κ1) is 13.1. The Morgan fingerprint density at radius 1 is 1.33 bits per heavy atom. The van der Waals surface area contributed by atoms with E-state index in [1.807, 2.05) is 12.3 Å². The molecule has 0 bridgehead atoms. The predicted octanol–water partition coefficient (Wildman–Crippen LogP) is 3.37. The van der Waals surface area contributed by atoms with E-state index in [2.05, 4.69) is 4.98 Å². The summed E-state index contributed by atoms with van der Waals surface area (Å²) in [5, 5.41) is 2.76. The van der Waals surface area contributed by atoms with Crippen LogP contribution in [-0.2, 0) is 6.42 Å². The van der Waals surface area contributed by atoms with Gasteiger partial charge in [0.2, 0.25) is 0 Å². The van der Waals surface area contributed by atoms with Crippen LogP contribution in [0.5, 0.6) is 0 Å². The van der Waals surface area contributed by atoms with Gasteiger partial charge < -0.3 is 5.73 Å². The van der Waals surface area contributed by atoms with E-state index in [1.54, 1.807) is 0 Å². The second-order valence-corrected chi connectivity index (χ2v) is 5.07. The van der Waals surface area contributed by atoms with Crippen LogP contribution < -0.4 is 5.73 Å². The number of halogens is 2. The Balaban J connectivity index is 2.21. The van der Waals surface area contributed by atoms with Crippen molar-refractivity contribution in [3.05, 3.63) is 40.2 Å². The van der Waals surface area contributed by atoms with Gasteiger partial charge in [-0.1, -0.05) is 6.92 Å². The van der Waals surface area contributed by atoms with Crippen molar-refractivity contribution in [1.29, 1.82) is 0 Å². The van der Waals surface area contributed by atoms with E-state index in [0.29, 0.717) is 17.7 Å². The standard InChI is InChI=1S/C13H14F2N2S/c1-2-9(16)6-13-17-12(7-18-13)8-3-4-10(14)11(15)5-8/h3-5,7,9H,2,6,16H2,1H3. The van der Waals surface area contributed by atoms with Crippen molar-refractivity contribution in [2.45, 2.75) is 25.8 Å². The molecule has 1 aromatic heterocycles. The van der Waals surface area contributed by atoms with Crippen LogP contribution >= 0.6 is 11.3 Å². The first-order valence-corrected chi connectivity index (χ1v) is 6.63. The molecule has 0 saturated carbocycles. The van der Waals surface area contributed by atoms with E-state index >= 15 is 0 Å². The molecule has 2 N–H and O–H groups in total. The van der Waals surface area contributed by atoms with Gasteiger partial charge in [-0.3, -0.25) is 0 Å². The highest BCUT2D eigenvalue weighted by Crippen LogP contribution is 2.24. The van der Waals surface area contributed by atoms with Crippen molar-refractivity contribution in [1.82, 2.24) is 4.98 Å². The summed E-state index contributed by atoms with van der Waals surface area (Å²) in [5.41, 5.74) is 7.10. The number of rotatable bonds is 4. The molecular weight excluding hydrogens is 254 g/mol. The van der Waals surface area contributed by atoms with Crippen molar-refractivity contribution in [2.75, 3.05) is 0 Å². The summed E-state index contributed by atoms with van der Waals surface area (Å²) in [6, 6.07) is 3.89. The Morgan fingerprint density at radius 2 is 2.11 bits per heavy atom. The molecule has 0 aliphatic heterocycles. The van der Waals surface area contributed by atoms with Crippen LogP contribution in [0.4, 0.5) is 8.78 Å². The topological polar surface area (TPSA) is 38.9 Å². The fourth-order valence-electron chi connectivity index (χ4n) is 1.56. The molecule has 0 saturated heterocycles. The third kappa shape index (κ3) is 2.91. The predicted molar refractivity (Wildman–Crippen MR) is 69.4 cm³/mol. The third-order valence-corrected chi connectivity index (χ3v) is 3.60. The molecule has 1 heterocycles. The lowest BCUT2D eigenvalue weighted by molar-refractivity contribution is 0.509. The lowest BCUT2D eigenvalue weighted by Gasteiger charge is -2.04. The molecule has 0 aliphatic rings. The molecule has 0 spiro atoms. The molecule has 1 aromatic carbocycles. The number of aromatic nitrogens is 1. The number of hydrogen-bond donors (Lipinski definition) is 1. The van der Waals surface area contributed by atoms with Gasteiger partial charge in [-0.15, -0.1) is 11.3 Å². The molecule has 1 atom stereocenters. The van der Waals surface area contributed by atoms with Crippen molar-refractivity contribution >= 4 is 11.3 Å². The maximum atomic E-state index is 13.1. The van der Waals surface area contributed by atoms with Gasteiger partial charge in [0.25, 0.3) is 0 Å². The number of nitrogens with two attached hydrogens (primary N) is 1. The zero-order valence-corrected chi connectivity index (χ0v) is 10.8. The van der Waals surface area contributed by atoms with Gasteiger partial charge in [0.1, 0.15) is 0 Å². The zero-order chi connectivity index (χ0) is 13.1. The molecule has 96 valence electrons. The number of thiazole rings is 1. The molecule has 2 nitrogen and oxygen atoms in total. The van der Waals surface area contributed by atoms with Gasteiger partial charge in [-0.2, -0.15) is 0 Å². The van der Waals surface area contributed by atoms with Crippen LogP contribution in [0.3, 0.4) is 0 Å². The molecule has 0 amide bonds. The van der Waals surface area contributed by atoms with Crippen LogP contribution in [0.25, 0.3) is 11.3 Å². The summed E-state index contributed by atoms with van der Waals surface area (Å²) < 4.78 is 25.9. The Kier molecular flexibility index (Phi) is 4.04. The summed E-state index contributed by atoms with van der Waals surface area (Å²) in [7, 11) is 0. The minimum absolute atomic E-state index is 0.0916. The van der Waals surface area contributed by atoms with Crippen LogP contribution in [0, 0.1) is 11.6 Å². The quantitative estimate of drug-likeness (QED) is 0.923. The third-order valence-electron chi connectivity index (χ3n) is 2.73. The van der Waals surface area contributed by atoms with E-state index in [-0.39, 0.29) is 6.04 Å². The maximum Gasteiger partial charge on any atom is 0.159 e. The van der Waals surface area contributed by atoms with Gasteiger partial charge in [0.05, 0.1) is 10.7 Å². The highest BCUT2D eigenvalue weighted by molar-refractivity contribution is 7.09. The summed E-state index contributed by atoms with van der Waals surface area (Å²) in [5.74, 6) is -1.70. The summed E-state index contributed by atoms with van der Waals surface area (Å²) in [6.45, 7) is 2.02. The molecule has 2 aromatic rings. The lowest BCUT2D eigenvalue weighted by Crippen LogP contribution is -2.21. The van der Waals surface area contributed by atoms with Crippen molar-refractivity contribution in [3.8, 4) is 11.3 Å². The second kappa shape index (κ2) is 5.54. The van der Waals surface area contributed by atoms with Crippen molar-refractivity contribution < 1.29 is 8.78 Å². The van der Waals surface area contributed by atoms with E-state index in [1.165, 1.54) is 17.4 Å². The van der Waals surface area contributed by atoms with Gasteiger partial charge in [-0.25, -0.2) is 13.8 Å². The molecule has 18 heavy (non-hydrogen) atoms. The van der Waals surface area contributed by atoms with E-state index in [4.69, 9.17) is 5.73 Å². The molecule has 0 aliphatic carbocycles. The van der Waals surface area contributed by atoms with Gasteiger partial charge in [0, 0.05) is 23.4 Å². The first-order valence-electron chi connectivity index (χ1n) is 5.75. The van der Waals surface area contributed by atoms with E-state index in [9.17, 15) is 8.78 Å². The summed E-state index contributed by atoms with van der Waals surface area (Å²) in [6.07, 6.45) is 1.60. The van der Waals surface area contributed by atoms with Crippen LogP contribution in [0.15, 0.2) is 23.6 Å². The average Bonchev–Trinajstić information content (AvgIpc) is 2.81. The smallest absolute Gasteiger partial charge is 0.159 e. The Hall–Kier alpha value is -1.33. The van der Waals surface area contributed by atoms with Gasteiger partial charge in [0.15, 0.2) is 11.6 Å². The van der Waals surface area contributed by atoms with Crippen LogP contribution in [0.2, 0.25) is 0 Å². The Labute approximate surface area is 108 Å². The molecular formula is C13H14F2N2S. The Morgan fingerprint density at radius 3 is 2.78 bits per heavy atom. The van der Waals surface area contributed by atoms with Crippen LogP contribution in [-0.4, -0.2) is 11.0 Å². The summed E-state index contributed by atoms with van der Waals surface area (Å²) >= 11 is 1.49. The molecule has 2 rings (SSSR count). The number of nitrogens with zero attached hydrogens (tertiary/aromatic N) is 1. The van der Waals surface area contributed by atoms with E-state index < -0.39 is 11.6 Å². The van der Waals surface area contributed by atoms with E-state index in [0.717, 1.165) is 23.6 Å². The monoisotopic (exact) mass is 268 g/mol. The van der Waals surface area contributed by atoms with Gasteiger partial charge >= 0.3 is 0 Å². The molecule has 0 fully saturated rings. The SMILES string of the molecule is CCC(N)Cc1nc(-c2ccc(F)c(F)c2)cs1. The van der Waals surface area contributed by atoms with Crippen molar-refractivity contribution in [3.63, 3.8) is 0 Å². The minimum atomic E-state index is -0.854. The first-order chi connectivity index (χ1) is 8.60. The fourth-order valence-corrected chi connectivity index (χ4v) is 2.46. The number of hydrogen-bond acceptors (Lipinski definition) is 3. The zero-order valence-electron chi connectivity index (χ0n) is 9.99.